The number of anilines is 1. The summed E-state index contributed by atoms with van der Waals surface area (Å²) < 4.78 is 1.92. The molecule has 0 aliphatic carbocycles. The second kappa shape index (κ2) is 5.51. The highest BCUT2D eigenvalue weighted by Gasteiger charge is 2.20. The third kappa shape index (κ3) is 3.44. The number of piperidine rings is 1. The number of nitrogens with zero attached hydrogens (tertiary/aromatic N) is 4. The molecule has 5 heteroatoms. The Labute approximate surface area is 103 Å². The summed E-state index contributed by atoms with van der Waals surface area (Å²) in [4.78, 5) is 4.85. The Morgan fingerprint density at radius 1 is 1.59 bits per heavy atom. The number of nitrogens with two attached hydrogens (primary N) is 1. The van der Waals surface area contributed by atoms with E-state index in [1.54, 1.807) is 0 Å². The molecule has 0 radical (unpaired) electrons. The second-order valence-electron chi connectivity index (χ2n) is 5.04. The van der Waals surface area contributed by atoms with Gasteiger partial charge in [0.05, 0.1) is 6.54 Å². The van der Waals surface area contributed by atoms with Gasteiger partial charge in [0.1, 0.15) is 5.82 Å². The summed E-state index contributed by atoms with van der Waals surface area (Å²) in [6.07, 6.45) is 4.55. The molecule has 1 atom stereocenters. The summed E-state index contributed by atoms with van der Waals surface area (Å²) >= 11 is 0. The minimum atomic E-state index is 0.602. The normalized spacial score (nSPS) is 22.2. The van der Waals surface area contributed by atoms with Crippen LogP contribution in [0, 0.1) is 0 Å². The number of rotatable bonds is 4. The molecule has 1 fully saturated rings. The topological polar surface area (TPSA) is 50.3 Å². The van der Waals surface area contributed by atoms with Gasteiger partial charge in [0.15, 0.2) is 0 Å². The van der Waals surface area contributed by atoms with E-state index in [1.807, 2.05) is 16.9 Å². The lowest BCUT2D eigenvalue weighted by Crippen LogP contribution is -2.45. The van der Waals surface area contributed by atoms with Gasteiger partial charge < -0.3 is 15.5 Å². The number of likely N-dealkylation sites (N-methyl/N-ethyl adjacent to an activating group) is 2. The molecular formula is C12H23N5. The number of likely N-dealkylation sites (tertiary alicyclic amines) is 1. The zero-order valence-electron chi connectivity index (χ0n) is 10.8. The van der Waals surface area contributed by atoms with Crippen molar-refractivity contribution in [3.8, 4) is 0 Å². The van der Waals surface area contributed by atoms with E-state index in [0.717, 1.165) is 13.1 Å². The highest BCUT2D eigenvalue weighted by molar-refractivity contribution is 5.23. The number of hydrogen-bond acceptors (Lipinski definition) is 4. The minimum absolute atomic E-state index is 0.602. The van der Waals surface area contributed by atoms with Gasteiger partial charge in [0, 0.05) is 25.3 Å². The lowest BCUT2D eigenvalue weighted by atomic mass is 10.1. The van der Waals surface area contributed by atoms with Crippen molar-refractivity contribution >= 4 is 5.82 Å². The predicted molar refractivity (Wildman–Crippen MR) is 69.8 cm³/mol. The van der Waals surface area contributed by atoms with Crippen LogP contribution >= 0.6 is 0 Å². The van der Waals surface area contributed by atoms with Crippen LogP contribution in [0.4, 0.5) is 5.82 Å². The van der Waals surface area contributed by atoms with Crippen molar-refractivity contribution < 1.29 is 0 Å². The average molecular weight is 237 g/mol. The molecule has 1 aromatic heterocycles. The van der Waals surface area contributed by atoms with Crippen LogP contribution in [0.2, 0.25) is 0 Å². The van der Waals surface area contributed by atoms with Crippen LogP contribution < -0.4 is 5.73 Å². The molecule has 5 nitrogen and oxygen atoms in total. The first-order chi connectivity index (χ1) is 8.15. The summed E-state index contributed by atoms with van der Waals surface area (Å²) in [5, 5.41) is 4.20. The molecule has 96 valence electrons. The highest BCUT2D eigenvalue weighted by atomic mass is 15.3. The lowest BCUT2D eigenvalue weighted by Gasteiger charge is -2.35. The maximum Gasteiger partial charge on any atom is 0.145 e. The molecule has 1 saturated heterocycles. The molecule has 0 amide bonds. The molecule has 0 saturated carbocycles. The van der Waals surface area contributed by atoms with E-state index < -0.39 is 0 Å². The van der Waals surface area contributed by atoms with Crippen molar-refractivity contribution in [2.75, 3.05) is 39.5 Å². The van der Waals surface area contributed by atoms with Crippen molar-refractivity contribution in [2.24, 2.45) is 0 Å². The van der Waals surface area contributed by atoms with Crippen molar-refractivity contribution in [3.05, 3.63) is 12.3 Å². The molecule has 1 unspecified atom stereocenters. The smallest absolute Gasteiger partial charge is 0.145 e. The van der Waals surface area contributed by atoms with E-state index in [1.165, 1.54) is 25.9 Å². The maximum absolute atomic E-state index is 5.59. The van der Waals surface area contributed by atoms with Crippen LogP contribution in [0.15, 0.2) is 12.3 Å². The molecule has 1 aliphatic rings. The molecular weight excluding hydrogens is 214 g/mol. The maximum atomic E-state index is 5.59. The van der Waals surface area contributed by atoms with E-state index in [2.05, 4.69) is 29.0 Å². The van der Waals surface area contributed by atoms with E-state index >= 15 is 0 Å². The van der Waals surface area contributed by atoms with Crippen LogP contribution in [0.1, 0.15) is 12.8 Å². The molecule has 1 aliphatic heterocycles. The first kappa shape index (κ1) is 12.4. The van der Waals surface area contributed by atoms with Gasteiger partial charge in [-0.2, -0.15) is 5.10 Å². The Bertz CT molecular complexity index is 348. The van der Waals surface area contributed by atoms with Crippen molar-refractivity contribution in [1.82, 2.24) is 19.6 Å². The van der Waals surface area contributed by atoms with Gasteiger partial charge in [-0.05, 0) is 39.5 Å². The summed E-state index contributed by atoms with van der Waals surface area (Å²) in [6.45, 7) is 4.35. The van der Waals surface area contributed by atoms with Gasteiger partial charge in [0.2, 0.25) is 0 Å². The Balaban J connectivity index is 1.78. The Hall–Kier alpha value is -1.07. The molecule has 0 spiro atoms. The Morgan fingerprint density at radius 3 is 3.06 bits per heavy atom. The first-order valence-electron chi connectivity index (χ1n) is 6.33. The SMILES string of the molecule is CN1CCCC(N(C)CCn2ccc(N)n2)C1. The summed E-state index contributed by atoms with van der Waals surface area (Å²) in [6, 6.07) is 2.52. The second-order valence-corrected chi connectivity index (χ2v) is 5.04. The van der Waals surface area contributed by atoms with Crippen LogP contribution in [0.5, 0.6) is 0 Å². The average Bonchev–Trinajstić information content (AvgIpc) is 2.72. The first-order valence-corrected chi connectivity index (χ1v) is 6.33. The van der Waals surface area contributed by atoms with Crippen LogP contribution in [0.3, 0.4) is 0 Å². The Morgan fingerprint density at radius 2 is 2.41 bits per heavy atom. The van der Waals surface area contributed by atoms with Gasteiger partial charge in [0.25, 0.3) is 0 Å². The summed E-state index contributed by atoms with van der Waals surface area (Å²) in [5.41, 5.74) is 5.59. The molecule has 17 heavy (non-hydrogen) atoms. The van der Waals surface area contributed by atoms with Gasteiger partial charge in [-0.3, -0.25) is 4.68 Å². The molecule has 2 heterocycles. The van der Waals surface area contributed by atoms with E-state index in [9.17, 15) is 0 Å². The van der Waals surface area contributed by atoms with E-state index in [-0.39, 0.29) is 0 Å². The number of aromatic nitrogens is 2. The fourth-order valence-electron chi connectivity index (χ4n) is 2.44. The quantitative estimate of drug-likeness (QED) is 0.828. The zero-order chi connectivity index (χ0) is 12.3. The fraction of sp³-hybridized carbons (Fsp3) is 0.750. The lowest BCUT2D eigenvalue weighted by molar-refractivity contribution is 0.130. The Kier molecular flexibility index (Phi) is 4.02. The number of nitrogen functional groups attached to an aromatic ring is 1. The third-order valence-corrected chi connectivity index (χ3v) is 3.57. The van der Waals surface area contributed by atoms with E-state index in [0.29, 0.717) is 11.9 Å². The number of hydrogen-bond donors (Lipinski definition) is 1. The monoisotopic (exact) mass is 237 g/mol. The van der Waals surface area contributed by atoms with Gasteiger partial charge in [-0.15, -0.1) is 0 Å². The van der Waals surface area contributed by atoms with Crippen molar-refractivity contribution in [2.45, 2.75) is 25.4 Å². The minimum Gasteiger partial charge on any atom is -0.382 e. The molecule has 2 N–H and O–H groups in total. The van der Waals surface area contributed by atoms with Gasteiger partial charge in [-0.25, -0.2) is 0 Å². The molecule has 1 aromatic rings. The van der Waals surface area contributed by atoms with Crippen LogP contribution in [0.25, 0.3) is 0 Å². The zero-order valence-corrected chi connectivity index (χ0v) is 10.8. The largest absolute Gasteiger partial charge is 0.382 e. The highest BCUT2D eigenvalue weighted by Crippen LogP contribution is 2.13. The standard InChI is InChI=1S/C12H23N5/c1-15-6-3-4-11(10-15)16(2)8-9-17-7-5-12(13)14-17/h5,7,11H,3-4,6,8-10H2,1-2H3,(H2,13,14). The summed E-state index contributed by atoms with van der Waals surface area (Å²) in [5.74, 6) is 0.602. The van der Waals surface area contributed by atoms with Crippen molar-refractivity contribution in [3.63, 3.8) is 0 Å². The van der Waals surface area contributed by atoms with Crippen LogP contribution in [-0.2, 0) is 6.54 Å². The molecule has 0 bridgehead atoms. The predicted octanol–water partition coefficient (Wildman–Crippen LogP) is 0.491. The van der Waals surface area contributed by atoms with E-state index in [4.69, 9.17) is 5.73 Å². The fourth-order valence-corrected chi connectivity index (χ4v) is 2.44. The molecule has 2 rings (SSSR count). The molecule has 0 aromatic carbocycles. The third-order valence-electron chi connectivity index (χ3n) is 3.57. The van der Waals surface area contributed by atoms with Crippen molar-refractivity contribution in [1.29, 1.82) is 0 Å². The van der Waals surface area contributed by atoms with Gasteiger partial charge >= 0.3 is 0 Å². The summed E-state index contributed by atoms with van der Waals surface area (Å²) in [7, 11) is 4.41. The van der Waals surface area contributed by atoms with Gasteiger partial charge in [-0.1, -0.05) is 0 Å². The van der Waals surface area contributed by atoms with Crippen LogP contribution in [-0.4, -0.2) is 59.4 Å².